The highest BCUT2D eigenvalue weighted by Crippen LogP contribution is 2.24. The number of rotatable bonds is 5. The molecule has 5 nitrogen and oxygen atoms in total. The molecule has 2 amide bonds. The summed E-state index contributed by atoms with van der Waals surface area (Å²) in [5.41, 5.74) is 4.94. The number of ether oxygens (including phenoxy) is 1. The number of primary amides is 1. The van der Waals surface area contributed by atoms with E-state index < -0.39 is 17.6 Å². The van der Waals surface area contributed by atoms with Crippen LogP contribution in [-0.2, 0) is 9.59 Å². The first-order chi connectivity index (χ1) is 8.40. The van der Waals surface area contributed by atoms with Crippen LogP contribution in [0, 0.1) is 5.82 Å². The zero-order valence-electron chi connectivity index (χ0n) is 9.65. The van der Waals surface area contributed by atoms with Crippen molar-refractivity contribution in [3.63, 3.8) is 0 Å². The Hall–Kier alpha value is -1.82. The Morgan fingerprint density at radius 1 is 1.50 bits per heavy atom. The third kappa shape index (κ3) is 4.21. The van der Waals surface area contributed by atoms with E-state index in [2.05, 4.69) is 0 Å². The number of amides is 2. The molecule has 0 saturated heterocycles. The maximum atomic E-state index is 12.8. The summed E-state index contributed by atoms with van der Waals surface area (Å²) in [5.74, 6) is -1.36. The largest absolute Gasteiger partial charge is 0.482 e. The molecule has 18 heavy (non-hydrogen) atoms. The zero-order chi connectivity index (χ0) is 13.7. The number of hydrogen-bond acceptors (Lipinski definition) is 3. The molecule has 98 valence electrons. The number of benzene rings is 1. The van der Waals surface area contributed by atoms with Gasteiger partial charge in [0.2, 0.25) is 5.91 Å². The van der Waals surface area contributed by atoms with E-state index in [9.17, 15) is 14.0 Å². The van der Waals surface area contributed by atoms with Gasteiger partial charge in [0.05, 0.1) is 11.6 Å². The number of hydrogen-bond donors (Lipinski definition) is 1. The topological polar surface area (TPSA) is 72.6 Å². The van der Waals surface area contributed by atoms with Gasteiger partial charge in [-0.1, -0.05) is 11.6 Å². The van der Waals surface area contributed by atoms with Crippen molar-refractivity contribution in [2.75, 3.05) is 20.2 Å². The second-order valence-corrected chi connectivity index (χ2v) is 3.99. The molecule has 0 aliphatic rings. The van der Waals surface area contributed by atoms with Crippen LogP contribution in [0.3, 0.4) is 0 Å². The summed E-state index contributed by atoms with van der Waals surface area (Å²) in [5, 5.41) is 0.0698. The number of nitrogens with zero attached hydrogens (tertiary/aromatic N) is 1. The molecule has 0 heterocycles. The van der Waals surface area contributed by atoms with Crippen molar-refractivity contribution in [2.24, 2.45) is 5.73 Å². The molecule has 0 aromatic heterocycles. The highest BCUT2D eigenvalue weighted by Gasteiger charge is 2.12. The van der Waals surface area contributed by atoms with Crippen molar-refractivity contribution in [1.82, 2.24) is 4.90 Å². The van der Waals surface area contributed by atoms with Gasteiger partial charge in [-0.25, -0.2) is 4.39 Å². The van der Waals surface area contributed by atoms with E-state index in [1.807, 2.05) is 0 Å². The van der Waals surface area contributed by atoms with Gasteiger partial charge in [0, 0.05) is 7.05 Å². The minimum Gasteiger partial charge on any atom is -0.482 e. The van der Waals surface area contributed by atoms with Gasteiger partial charge >= 0.3 is 0 Å². The number of halogens is 2. The Bertz CT molecular complexity index is 468. The maximum Gasteiger partial charge on any atom is 0.260 e. The lowest BCUT2D eigenvalue weighted by Crippen LogP contribution is -2.38. The van der Waals surface area contributed by atoms with Crippen LogP contribution in [0.2, 0.25) is 5.02 Å². The lowest BCUT2D eigenvalue weighted by molar-refractivity contribution is -0.135. The van der Waals surface area contributed by atoms with Gasteiger partial charge in [-0.05, 0) is 18.2 Å². The van der Waals surface area contributed by atoms with Crippen molar-refractivity contribution in [1.29, 1.82) is 0 Å². The maximum absolute atomic E-state index is 12.8. The van der Waals surface area contributed by atoms with Gasteiger partial charge in [-0.2, -0.15) is 0 Å². The van der Waals surface area contributed by atoms with Crippen LogP contribution in [-0.4, -0.2) is 36.9 Å². The van der Waals surface area contributed by atoms with Crippen molar-refractivity contribution in [3.05, 3.63) is 29.0 Å². The van der Waals surface area contributed by atoms with Crippen molar-refractivity contribution in [2.45, 2.75) is 0 Å². The second kappa shape index (κ2) is 6.20. The Labute approximate surface area is 108 Å². The van der Waals surface area contributed by atoms with Gasteiger partial charge in [0.25, 0.3) is 5.91 Å². The summed E-state index contributed by atoms with van der Waals surface area (Å²) in [6.07, 6.45) is 0. The molecule has 0 radical (unpaired) electrons. The molecular weight excluding hydrogens is 263 g/mol. The summed E-state index contributed by atoms with van der Waals surface area (Å²) in [7, 11) is 1.42. The van der Waals surface area contributed by atoms with E-state index in [1.54, 1.807) is 0 Å². The Morgan fingerprint density at radius 3 is 2.72 bits per heavy atom. The van der Waals surface area contributed by atoms with Gasteiger partial charge in [0.1, 0.15) is 11.6 Å². The second-order valence-electron chi connectivity index (χ2n) is 3.58. The van der Waals surface area contributed by atoms with Crippen LogP contribution in [0.25, 0.3) is 0 Å². The van der Waals surface area contributed by atoms with Gasteiger partial charge < -0.3 is 15.4 Å². The van der Waals surface area contributed by atoms with Crippen LogP contribution in [0.15, 0.2) is 18.2 Å². The minimum atomic E-state index is -0.620. The molecule has 0 aliphatic carbocycles. The number of likely N-dealkylation sites (N-methyl/N-ethyl adjacent to an activating group) is 1. The summed E-state index contributed by atoms with van der Waals surface area (Å²) in [6, 6.07) is 3.56. The highest BCUT2D eigenvalue weighted by molar-refractivity contribution is 6.32. The fourth-order valence-corrected chi connectivity index (χ4v) is 1.39. The van der Waals surface area contributed by atoms with E-state index in [1.165, 1.54) is 19.2 Å². The van der Waals surface area contributed by atoms with E-state index >= 15 is 0 Å². The Morgan fingerprint density at radius 2 is 2.17 bits per heavy atom. The van der Waals surface area contributed by atoms with Crippen molar-refractivity contribution in [3.8, 4) is 5.75 Å². The molecule has 1 aromatic rings. The molecule has 0 unspecified atom stereocenters. The van der Waals surface area contributed by atoms with Crippen LogP contribution < -0.4 is 10.5 Å². The average molecular weight is 275 g/mol. The minimum absolute atomic E-state index is 0.0698. The van der Waals surface area contributed by atoms with Gasteiger partial charge in [0.15, 0.2) is 6.61 Å². The highest BCUT2D eigenvalue weighted by atomic mass is 35.5. The third-order valence-electron chi connectivity index (χ3n) is 2.06. The first-order valence-corrected chi connectivity index (χ1v) is 5.38. The molecule has 0 aliphatic heterocycles. The molecule has 0 saturated carbocycles. The summed E-state index contributed by atoms with van der Waals surface area (Å²) in [6.45, 7) is -0.505. The lowest BCUT2D eigenvalue weighted by atomic mass is 10.3. The smallest absolute Gasteiger partial charge is 0.260 e. The predicted molar refractivity (Wildman–Crippen MR) is 63.7 cm³/mol. The zero-order valence-corrected chi connectivity index (χ0v) is 10.4. The third-order valence-corrected chi connectivity index (χ3v) is 2.36. The fraction of sp³-hybridized carbons (Fsp3) is 0.273. The first-order valence-electron chi connectivity index (χ1n) is 5.00. The fourth-order valence-electron chi connectivity index (χ4n) is 1.16. The molecule has 0 atom stereocenters. The number of carbonyl (C=O) groups is 2. The normalized spacial score (nSPS) is 9.94. The van der Waals surface area contributed by atoms with E-state index in [-0.39, 0.29) is 23.9 Å². The van der Waals surface area contributed by atoms with Crippen molar-refractivity contribution >= 4 is 23.4 Å². The predicted octanol–water partition coefficient (Wildman–Crippen LogP) is 0.802. The quantitative estimate of drug-likeness (QED) is 0.863. The standard InChI is InChI=1S/C11H12ClFN2O3/c1-15(5-10(14)16)11(17)6-18-9-3-2-7(13)4-8(9)12/h2-4H,5-6H2,1H3,(H2,14,16). The van der Waals surface area contributed by atoms with Crippen LogP contribution >= 0.6 is 11.6 Å². The van der Waals surface area contributed by atoms with Gasteiger partial charge in [-0.15, -0.1) is 0 Å². The molecule has 1 aromatic carbocycles. The van der Waals surface area contributed by atoms with Crippen LogP contribution in [0.4, 0.5) is 4.39 Å². The SMILES string of the molecule is CN(CC(N)=O)C(=O)COc1ccc(F)cc1Cl. The lowest BCUT2D eigenvalue weighted by Gasteiger charge is -2.15. The molecule has 0 fully saturated rings. The van der Waals surface area contributed by atoms with Gasteiger partial charge in [-0.3, -0.25) is 9.59 Å². The van der Waals surface area contributed by atoms with Crippen LogP contribution in [0.1, 0.15) is 0 Å². The molecule has 0 bridgehead atoms. The summed E-state index contributed by atoms with van der Waals surface area (Å²) >= 11 is 5.71. The average Bonchev–Trinajstić information content (AvgIpc) is 2.26. The molecule has 0 spiro atoms. The molecule has 7 heteroatoms. The molecule has 1 rings (SSSR count). The van der Waals surface area contributed by atoms with E-state index in [0.29, 0.717) is 0 Å². The van der Waals surface area contributed by atoms with Crippen molar-refractivity contribution < 1.29 is 18.7 Å². The summed E-state index contributed by atoms with van der Waals surface area (Å²) in [4.78, 5) is 23.2. The first kappa shape index (κ1) is 14.2. The Balaban J connectivity index is 2.54. The summed E-state index contributed by atoms with van der Waals surface area (Å²) < 4.78 is 17.9. The van der Waals surface area contributed by atoms with E-state index in [4.69, 9.17) is 22.1 Å². The number of carbonyl (C=O) groups excluding carboxylic acids is 2. The monoisotopic (exact) mass is 274 g/mol. The van der Waals surface area contributed by atoms with E-state index in [0.717, 1.165) is 11.0 Å². The number of nitrogens with two attached hydrogens (primary N) is 1. The molecule has 2 N–H and O–H groups in total. The molecular formula is C11H12ClFN2O3. The van der Waals surface area contributed by atoms with Crippen LogP contribution in [0.5, 0.6) is 5.75 Å². The Kier molecular flexibility index (Phi) is 4.91.